The van der Waals surface area contributed by atoms with E-state index in [1.165, 1.54) is 12.7 Å². The molecule has 1 aliphatic rings. The van der Waals surface area contributed by atoms with Gasteiger partial charge in [0, 0.05) is 7.11 Å². The zero-order chi connectivity index (χ0) is 10.7. The van der Waals surface area contributed by atoms with Gasteiger partial charge in [0.25, 0.3) is 0 Å². The molecule has 1 fully saturated rings. The molecule has 0 saturated heterocycles. The van der Waals surface area contributed by atoms with Crippen LogP contribution in [0.5, 0.6) is 0 Å². The fourth-order valence-electron chi connectivity index (χ4n) is 2.28. The summed E-state index contributed by atoms with van der Waals surface area (Å²) in [6.07, 6.45) is 6.45. The average molecular weight is 208 g/mol. The van der Waals surface area contributed by atoms with E-state index in [0.29, 0.717) is 5.76 Å². The van der Waals surface area contributed by atoms with E-state index < -0.39 is 5.60 Å². The number of carbonyl (C=O) groups is 1. The molecule has 1 heterocycles. The number of ketones is 1. The van der Waals surface area contributed by atoms with Gasteiger partial charge in [0.15, 0.2) is 5.76 Å². The lowest BCUT2D eigenvalue weighted by molar-refractivity contribution is -0.0212. The highest BCUT2D eigenvalue weighted by Crippen LogP contribution is 2.34. The lowest BCUT2D eigenvalue weighted by Crippen LogP contribution is -2.42. The minimum absolute atomic E-state index is 0.00491. The van der Waals surface area contributed by atoms with Gasteiger partial charge in [-0.05, 0) is 25.0 Å². The summed E-state index contributed by atoms with van der Waals surface area (Å²) >= 11 is 0. The maximum absolute atomic E-state index is 12.2. The number of carbonyl (C=O) groups excluding carboxylic acids is 1. The number of rotatable bonds is 3. The van der Waals surface area contributed by atoms with Crippen molar-refractivity contribution in [2.45, 2.75) is 37.7 Å². The van der Waals surface area contributed by atoms with Crippen molar-refractivity contribution in [2.75, 3.05) is 7.11 Å². The third-order valence-electron chi connectivity index (χ3n) is 3.21. The first-order chi connectivity index (χ1) is 7.28. The molecular weight excluding hydrogens is 192 g/mol. The molecule has 0 spiro atoms. The van der Waals surface area contributed by atoms with Crippen molar-refractivity contribution in [3.8, 4) is 0 Å². The second-order valence-corrected chi connectivity index (χ2v) is 4.07. The highest BCUT2D eigenvalue weighted by Gasteiger charge is 2.41. The summed E-state index contributed by atoms with van der Waals surface area (Å²) in [5.41, 5.74) is -0.629. The monoisotopic (exact) mass is 208 g/mol. The molecule has 3 heteroatoms. The molecule has 0 radical (unpaired) electrons. The summed E-state index contributed by atoms with van der Waals surface area (Å²) in [5.74, 6) is 0.411. The van der Waals surface area contributed by atoms with Crippen LogP contribution in [0.25, 0.3) is 0 Å². The molecule has 1 aliphatic carbocycles. The lowest BCUT2D eigenvalue weighted by atomic mass is 9.80. The Kier molecular flexibility index (Phi) is 2.91. The van der Waals surface area contributed by atoms with E-state index in [4.69, 9.17) is 9.15 Å². The van der Waals surface area contributed by atoms with Gasteiger partial charge in [-0.3, -0.25) is 4.79 Å². The van der Waals surface area contributed by atoms with Crippen LogP contribution in [0.15, 0.2) is 22.8 Å². The normalized spacial score (nSPS) is 20.1. The van der Waals surface area contributed by atoms with Crippen LogP contribution >= 0.6 is 0 Å². The van der Waals surface area contributed by atoms with E-state index in [1.807, 2.05) is 0 Å². The largest absolute Gasteiger partial charge is 0.461 e. The molecule has 1 saturated carbocycles. The van der Waals surface area contributed by atoms with Gasteiger partial charge in [-0.2, -0.15) is 0 Å². The molecule has 2 rings (SSSR count). The smallest absolute Gasteiger partial charge is 0.229 e. The molecule has 1 aromatic heterocycles. The molecule has 0 unspecified atom stereocenters. The predicted molar refractivity (Wildman–Crippen MR) is 55.9 cm³/mol. The Morgan fingerprint density at radius 2 is 2.13 bits per heavy atom. The molecule has 0 aliphatic heterocycles. The number of hydrogen-bond donors (Lipinski definition) is 0. The molecule has 1 aromatic rings. The van der Waals surface area contributed by atoms with Crippen LogP contribution in [0.4, 0.5) is 0 Å². The Labute approximate surface area is 89.4 Å². The molecule has 0 N–H and O–H groups in total. The van der Waals surface area contributed by atoms with Crippen molar-refractivity contribution in [1.82, 2.24) is 0 Å². The first-order valence-electron chi connectivity index (χ1n) is 5.42. The topological polar surface area (TPSA) is 39.4 Å². The van der Waals surface area contributed by atoms with Gasteiger partial charge in [-0.25, -0.2) is 0 Å². The van der Waals surface area contributed by atoms with E-state index in [1.54, 1.807) is 19.2 Å². The van der Waals surface area contributed by atoms with Gasteiger partial charge in [0.1, 0.15) is 5.60 Å². The van der Waals surface area contributed by atoms with E-state index >= 15 is 0 Å². The van der Waals surface area contributed by atoms with Gasteiger partial charge in [0.05, 0.1) is 6.26 Å². The van der Waals surface area contributed by atoms with Gasteiger partial charge >= 0.3 is 0 Å². The van der Waals surface area contributed by atoms with Crippen LogP contribution < -0.4 is 0 Å². The number of hydrogen-bond acceptors (Lipinski definition) is 3. The minimum Gasteiger partial charge on any atom is -0.461 e. The van der Waals surface area contributed by atoms with E-state index in [-0.39, 0.29) is 5.78 Å². The second kappa shape index (κ2) is 4.19. The maximum atomic E-state index is 12.2. The van der Waals surface area contributed by atoms with E-state index in [2.05, 4.69) is 0 Å². The van der Waals surface area contributed by atoms with Crippen LogP contribution in [0, 0.1) is 0 Å². The molecule has 15 heavy (non-hydrogen) atoms. The van der Waals surface area contributed by atoms with Gasteiger partial charge in [-0.15, -0.1) is 0 Å². The first-order valence-corrected chi connectivity index (χ1v) is 5.42. The van der Waals surface area contributed by atoms with Crippen molar-refractivity contribution in [3.05, 3.63) is 24.2 Å². The first kappa shape index (κ1) is 10.4. The molecule has 0 bridgehead atoms. The summed E-state index contributed by atoms with van der Waals surface area (Å²) in [6, 6.07) is 3.44. The van der Waals surface area contributed by atoms with Crippen molar-refractivity contribution >= 4 is 5.78 Å². The van der Waals surface area contributed by atoms with E-state index in [0.717, 1.165) is 25.7 Å². The molecule has 0 aromatic carbocycles. The number of furan rings is 1. The van der Waals surface area contributed by atoms with Gasteiger partial charge < -0.3 is 9.15 Å². The number of methoxy groups -OCH3 is 1. The molecule has 0 amide bonds. The highest BCUT2D eigenvalue weighted by atomic mass is 16.5. The second-order valence-electron chi connectivity index (χ2n) is 4.07. The zero-order valence-corrected chi connectivity index (χ0v) is 8.99. The van der Waals surface area contributed by atoms with E-state index in [9.17, 15) is 4.79 Å². The fourth-order valence-corrected chi connectivity index (χ4v) is 2.28. The summed E-state index contributed by atoms with van der Waals surface area (Å²) in [5, 5.41) is 0. The standard InChI is InChI=1S/C12H16O3/c1-14-12(7-3-2-4-8-12)11(13)10-6-5-9-15-10/h5-6,9H,2-4,7-8H2,1H3. The summed E-state index contributed by atoms with van der Waals surface area (Å²) < 4.78 is 10.6. The number of Topliss-reactive ketones (excluding diaryl/α,β-unsaturated/α-hetero) is 1. The predicted octanol–water partition coefficient (Wildman–Crippen LogP) is 2.81. The number of ether oxygens (including phenoxy) is 1. The van der Waals surface area contributed by atoms with Crippen molar-refractivity contribution < 1.29 is 13.9 Å². The van der Waals surface area contributed by atoms with Crippen LogP contribution in [-0.2, 0) is 4.74 Å². The van der Waals surface area contributed by atoms with Crippen molar-refractivity contribution in [1.29, 1.82) is 0 Å². The lowest BCUT2D eigenvalue weighted by Gasteiger charge is -2.33. The molecule has 82 valence electrons. The quantitative estimate of drug-likeness (QED) is 0.717. The summed E-state index contributed by atoms with van der Waals surface area (Å²) in [4.78, 5) is 12.2. The van der Waals surface area contributed by atoms with Crippen molar-refractivity contribution in [2.24, 2.45) is 0 Å². The zero-order valence-electron chi connectivity index (χ0n) is 8.99. The van der Waals surface area contributed by atoms with Crippen LogP contribution in [0.1, 0.15) is 42.7 Å². The molecular formula is C12H16O3. The highest BCUT2D eigenvalue weighted by molar-refractivity contribution is 6.00. The van der Waals surface area contributed by atoms with Gasteiger partial charge in [0.2, 0.25) is 5.78 Å². The van der Waals surface area contributed by atoms with Crippen molar-refractivity contribution in [3.63, 3.8) is 0 Å². The molecule has 0 atom stereocenters. The maximum Gasteiger partial charge on any atom is 0.229 e. The van der Waals surface area contributed by atoms with Crippen LogP contribution in [-0.4, -0.2) is 18.5 Å². The van der Waals surface area contributed by atoms with Gasteiger partial charge in [-0.1, -0.05) is 19.3 Å². The van der Waals surface area contributed by atoms with Crippen LogP contribution in [0.3, 0.4) is 0 Å². The Hall–Kier alpha value is -1.09. The minimum atomic E-state index is -0.629. The SMILES string of the molecule is COC1(C(=O)c2ccco2)CCCCC1. The summed E-state index contributed by atoms with van der Waals surface area (Å²) in [7, 11) is 1.62. The van der Waals surface area contributed by atoms with Crippen LogP contribution in [0.2, 0.25) is 0 Å². The average Bonchev–Trinajstić information content (AvgIpc) is 2.82. The molecule has 3 nitrogen and oxygen atoms in total. The Balaban J connectivity index is 2.22. The summed E-state index contributed by atoms with van der Waals surface area (Å²) in [6.45, 7) is 0. The third-order valence-corrected chi connectivity index (χ3v) is 3.21. The Bertz CT molecular complexity index is 321. The Morgan fingerprint density at radius 1 is 1.40 bits per heavy atom. The third kappa shape index (κ3) is 1.84. The fraction of sp³-hybridized carbons (Fsp3) is 0.583. The Morgan fingerprint density at radius 3 is 2.67 bits per heavy atom.